The molecule has 2 amide bonds. The van der Waals surface area contributed by atoms with Gasteiger partial charge in [-0.25, -0.2) is 12.8 Å². The van der Waals surface area contributed by atoms with E-state index in [1.54, 1.807) is 43.3 Å². The number of nitrogens with zero attached hydrogens (tertiary/aromatic N) is 2. The first-order valence-electron chi connectivity index (χ1n) is 11.8. The average Bonchev–Trinajstić information content (AvgIpc) is 2.91. The molecule has 0 fully saturated rings. The number of sulfonamides is 1. The Bertz CT molecular complexity index is 1370. The molecule has 3 rings (SSSR count). The average molecular weight is 562 g/mol. The van der Waals surface area contributed by atoms with Gasteiger partial charge in [0.1, 0.15) is 24.2 Å². The Morgan fingerprint density at radius 2 is 1.66 bits per heavy atom. The van der Waals surface area contributed by atoms with Gasteiger partial charge < -0.3 is 15.0 Å². The molecular formula is C27H29ClFN3O5S. The minimum atomic E-state index is -4.31. The highest BCUT2D eigenvalue weighted by Crippen LogP contribution is 2.27. The Morgan fingerprint density at radius 1 is 1.03 bits per heavy atom. The molecule has 0 saturated heterocycles. The molecule has 0 bridgehead atoms. The van der Waals surface area contributed by atoms with Crippen molar-refractivity contribution in [3.63, 3.8) is 0 Å². The molecule has 3 aromatic rings. The van der Waals surface area contributed by atoms with E-state index >= 15 is 0 Å². The van der Waals surface area contributed by atoms with Gasteiger partial charge in [0, 0.05) is 18.6 Å². The molecule has 1 N–H and O–H groups in total. The highest BCUT2D eigenvalue weighted by molar-refractivity contribution is 7.92. The molecule has 8 nitrogen and oxygen atoms in total. The van der Waals surface area contributed by atoms with Gasteiger partial charge in [0.25, 0.3) is 10.0 Å². The van der Waals surface area contributed by atoms with Crippen molar-refractivity contribution in [2.45, 2.75) is 31.3 Å². The summed E-state index contributed by atoms with van der Waals surface area (Å²) >= 11 is 6.31. The van der Waals surface area contributed by atoms with Crippen molar-refractivity contribution in [1.29, 1.82) is 0 Å². The first-order chi connectivity index (χ1) is 18.1. The minimum Gasteiger partial charge on any atom is -0.494 e. The van der Waals surface area contributed by atoms with E-state index in [-0.39, 0.29) is 17.1 Å². The van der Waals surface area contributed by atoms with Crippen molar-refractivity contribution in [3.05, 3.63) is 89.2 Å². The molecule has 0 saturated carbocycles. The summed E-state index contributed by atoms with van der Waals surface area (Å²) in [5.74, 6) is -1.15. The van der Waals surface area contributed by atoms with E-state index < -0.39 is 40.2 Å². The monoisotopic (exact) mass is 561 g/mol. The van der Waals surface area contributed by atoms with Gasteiger partial charge in [-0.15, -0.1) is 0 Å². The summed E-state index contributed by atoms with van der Waals surface area (Å²) in [5.41, 5.74) is 0.781. The van der Waals surface area contributed by atoms with Crippen LogP contribution >= 0.6 is 11.6 Å². The Labute approximate surface area is 227 Å². The van der Waals surface area contributed by atoms with E-state index in [4.69, 9.17) is 16.3 Å². The van der Waals surface area contributed by atoms with Gasteiger partial charge in [0.2, 0.25) is 11.8 Å². The number of anilines is 1. The lowest BCUT2D eigenvalue weighted by Crippen LogP contribution is -2.50. The van der Waals surface area contributed by atoms with E-state index in [0.717, 1.165) is 28.6 Å². The summed E-state index contributed by atoms with van der Waals surface area (Å²) < 4.78 is 47.3. The van der Waals surface area contributed by atoms with Crippen LogP contribution in [0, 0.1) is 5.82 Å². The van der Waals surface area contributed by atoms with Crippen LogP contribution in [0.1, 0.15) is 19.4 Å². The van der Waals surface area contributed by atoms with Crippen molar-refractivity contribution in [2.24, 2.45) is 0 Å². The zero-order valence-electron chi connectivity index (χ0n) is 21.2. The highest BCUT2D eigenvalue weighted by atomic mass is 35.5. The van der Waals surface area contributed by atoms with Gasteiger partial charge in [0.05, 0.1) is 17.2 Å². The number of carbonyl (C=O) groups is 2. The van der Waals surface area contributed by atoms with Crippen molar-refractivity contribution in [2.75, 3.05) is 24.5 Å². The third kappa shape index (κ3) is 6.81. The van der Waals surface area contributed by atoms with Crippen molar-refractivity contribution in [3.8, 4) is 5.75 Å². The van der Waals surface area contributed by atoms with Crippen LogP contribution in [0.2, 0.25) is 5.02 Å². The second-order valence-corrected chi connectivity index (χ2v) is 10.6. The first kappa shape index (κ1) is 28.9. The van der Waals surface area contributed by atoms with E-state index in [2.05, 4.69) is 5.32 Å². The van der Waals surface area contributed by atoms with E-state index in [0.29, 0.717) is 22.9 Å². The molecule has 1 atom stereocenters. The number of amides is 2. The molecule has 11 heteroatoms. The number of carbonyl (C=O) groups excluding carboxylic acids is 2. The Kier molecular flexibility index (Phi) is 9.71. The van der Waals surface area contributed by atoms with Gasteiger partial charge in [-0.3, -0.25) is 13.9 Å². The lowest BCUT2D eigenvalue weighted by Gasteiger charge is -2.32. The van der Waals surface area contributed by atoms with Crippen LogP contribution in [0.3, 0.4) is 0 Å². The molecule has 0 aliphatic rings. The zero-order chi connectivity index (χ0) is 27.9. The second kappa shape index (κ2) is 12.7. The van der Waals surface area contributed by atoms with Gasteiger partial charge in [-0.05, 0) is 74.0 Å². The molecular weight excluding hydrogens is 533 g/mol. The minimum absolute atomic E-state index is 0.0270. The van der Waals surface area contributed by atoms with Crippen LogP contribution in [0.4, 0.5) is 10.1 Å². The van der Waals surface area contributed by atoms with E-state index in [9.17, 15) is 22.4 Å². The first-order valence-corrected chi connectivity index (χ1v) is 13.7. The predicted octanol–water partition coefficient (Wildman–Crippen LogP) is 4.24. The van der Waals surface area contributed by atoms with Crippen LogP contribution in [-0.4, -0.2) is 51.4 Å². The quantitative estimate of drug-likeness (QED) is 0.378. The predicted molar refractivity (Wildman–Crippen MR) is 144 cm³/mol. The van der Waals surface area contributed by atoms with Crippen LogP contribution in [0.5, 0.6) is 5.75 Å². The number of hydrogen-bond donors (Lipinski definition) is 1. The maximum Gasteiger partial charge on any atom is 0.264 e. The summed E-state index contributed by atoms with van der Waals surface area (Å²) in [6.07, 6.45) is 0. The summed E-state index contributed by atoms with van der Waals surface area (Å²) in [4.78, 5) is 27.3. The van der Waals surface area contributed by atoms with Gasteiger partial charge in [0.15, 0.2) is 0 Å². The van der Waals surface area contributed by atoms with Crippen LogP contribution < -0.4 is 14.4 Å². The van der Waals surface area contributed by atoms with Crippen molar-refractivity contribution >= 4 is 39.1 Å². The number of hydrogen-bond acceptors (Lipinski definition) is 5. The molecule has 0 spiro atoms. The fourth-order valence-electron chi connectivity index (χ4n) is 3.74. The molecule has 1 unspecified atom stereocenters. The lowest BCUT2D eigenvalue weighted by molar-refractivity contribution is -0.139. The second-order valence-electron chi connectivity index (χ2n) is 8.30. The maximum absolute atomic E-state index is 13.7. The van der Waals surface area contributed by atoms with Crippen LogP contribution in [0.15, 0.2) is 77.7 Å². The molecule has 38 heavy (non-hydrogen) atoms. The Hall–Kier alpha value is -3.63. The third-order valence-corrected chi connectivity index (χ3v) is 7.99. The normalized spacial score (nSPS) is 11.9. The van der Waals surface area contributed by atoms with E-state index in [1.807, 2.05) is 6.92 Å². The number of nitrogens with one attached hydrogen (secondary N) is 1. The number of halogens is 2. The molecule has 0 heterocycles. The third-order valence-electron chi connectivity index (χ3n) is 5.83. The number of rotatable bonds is 11. The van der Waals surface area contributed by atoms with Gasteiger partial charge in [-0.2, -0.15) is 0 Å². The topological polar surface area (TPSA) is 96.0 Å². The van der Waals surface area contributed by atoms with Crippen LogP contribution in [-0.2, 0) is 26.2 Å². The number of benzene rings is 3. The number of ether oxygens (including phenoxy) is 1. The Morgan fingerprint density at radius 3 is 2.24 bits per heavy atom. The van der Waals surface area contributed by atoms with Crippen molar-refractivity contribution < 1.29 is 27.1 Å². The van der Waals surface area contributed by atoms with Gasteiger partial charge >= 0.3 is 0 Å². The highest BCUT2D eigenvalue weighted by Gasteiger charge is 2.32. The summed E-state index contributed by atoms with van der Waals surface area (Å²) in [5, 5.41) is 2.92. The SMILES string of the molecule is CCOc1ccc(N(CC(=O)N(Cc2ccccc2Cl)C(C)C(=O)NC)S(=O)(=O)c2ccc(F)cc2)cc1. The molecule has 0 aliphatic heterocycles. The largest absolute Gasteiger partial charge is 0.494 e. The fourth-order valence-corrected chi connectivity index (χ4v) is 5.35. The van der Waals surface area contributed by atoms with Crippen molar-refractivity contribution in [1.82, 2.24) is 10.2 Å². The standard InChI is InChI=1S/C27H29ClFN3O5S/c1-4-37-23-13-11-22(12-14-23)32(38(35,36)24-15-9-21(29)10-16-24)18-26(33)31(19(2)27(34)30-3)17-20-7-5-6-8-25(20)28/h5-16,19H,4,17-18H2,1-3H3,(H,30,34). The number of likely N-dealkylation sites (N-methyl/N-ethyl adjacent to an activating group) is 1. The Balaban J connectivity index is 2.04. The zero-order valence-corrected chi connectivity index (χ0v) is 22.8. The fraction of sp³-hybridized carbons (Fsp3) is 0.259. The molecule has 0 aromatic heterocycles. The smallest absolute Gasteiger partial charge is 0.264 e. The summed E-state index contributed by atoms with van der Waals surface area (Å²) in [6.45, 7) is 3.13. The summed E-state index contributed by atoms with van der Waals surface area (Å²) in [6, 6.07) is 16.5. The van der Waals surface area contributed by atoms with Crippen LogP contribution in [0.25, 0.3) is 0 Å². The maximum atomic E-state index is 13.7. The molecule has 0 aliphatic carbocycles. The molecule has 202 valence electrons. The lowest BCUT2D eigenvalue weighted by atomic mass is 10.1. The van der Waals surface area contributed by atoms with E-state index in [1.165, 1.54) is 24.1 Å². The molecule has 0 radical (unpaired) electrons. The van der Waals surface area contributed by atoms with Gasteiger partial charge in [-0.1, -0.05) is 29.8 Å². The molecule has 3 aromatic carbocycles. The summed E-state index contributed by atoms with van der Waals surface area (Å²) in [7, 11) is -2.86.